The molecule has 11 heteroatoms. The van der Waals surface area contributed by atoms with Crippen LogP contribution in [0, 0.1) is 15.9 Å². The van der Waals surface area contributed by atoms with Crippen molar-refractivity contribution in [3.63, 3.8) is 0 Å². The van der Waals surface area contributed by atoms with Crippen LogP contribution in [-0.2, 0) is 10.0 Å². The van der Waals surface area contributed by atoms with Crippen LogP contribution in [0.4, 0.5) is 21.5 Å². The van der Waals surface area contributed by atoms with Crippen LogP contribution in [-0.4, -0.2) is 26.7 Å². The molecule has 0 aromatic heterocycles. The highest BCUT2D eigenvalue weighted by Crippen LogP contribution is 2.28. The first-order valence-electron chi connectivity index (χ1n) is 8.78. The van der Waals surface area contributed by atoms with Gasteiger partial charge >= 0.3 is 0 Å². The van der Waals surface area contributed by atoms with E-state index < -0.39 is 26.5 Å². The molecule has 3 aromatic rings. The van der Waals surface area contributed by atoms with Crippen LogP contribution in [0.25, 0.3) is 0 Å². The number of methoxy groups -OCH3 is 1. The largest absolute Gasteiger partial charge is 0.497 e. The molecule has 0 amide bonds. The Bertz CT molecular complexity index is 1210. The molecule has 0 aliphatic rings. The van der Waals surface area contributed by atoms with Crippen molar-refractivity contribution in [2.75, 3.05) is 17.3 Å². The molecule has 2 N–H and O–H groups in total. The maximum Gasteiger partial charge on any atom is 0.270 e. The molecule has 0 fully saturated rings. The Balaban J connectivity index is 1.91. The summed E-state index contributed by atoms with van der Waals surface area (Å²) in [6.45, 7) is 0. The second-order valence-corrected chi connectivity index (χ2v) is 7.84. The summed E-state index contributed by atoms with van der Waals surface area (Å²) in [7, 11) is -2.72. The number of hydrogen-bond acceptors (Lipinski definition) is 7. The zero-order chi connectivity index (χ0) is 22.4. The SMILES string of the molecule is COc1ccc(NS(=O)(=O)c2cc([N+](=O)[O-])ccc2N/N=C/c2ccc(F)cc2)cc1. The predicted octanol–water partition coefficient (Wildman–Crippen LogP) is 3.99. The highest BCUT2D eigenvalue weighted by Gasteiger charge is 2.22. The van der Waals surface area contributed by atoms with Gasteiger partial charge in [0, 0.05) is 17.8 Å². The van der Waals surface area contributed by atoms with E-state index in [1.807, 2.05) is 0 Å². The van der Waals surface area contributed by atoms with Gasteiger partial charge < -0.3 is 4.74 Å². The molecule has 0 heterocycles. The first-order chi connectivity index (χ1) is 14.8. The molecule has 0 radical (unpaired) electrons. The smallest absolute Gasteiger partial charge is 0.270 e. The number of ether oxygens (including phenoxy) is 1. The first kappa shape index (κ1) is 21.7. The van der Waals surface area contributed by atoms with Crippen molar-refractivity contribution in [1.82, 2.24) is 0 Å². The number of hydrazone groups is 1. The third-order valence-corrected chi connectivity index (χ3v) is 5.50. The first-order valence-corrected chi connectivity index (χ1v) is 10.3. The van der Waals surface area contributed by atoms with E-state index in [4.69, 9.17) is 4.74 Å². The maximum absolute atomic E-state index is 13.0. The lowest BCUT2D eigenvalue weighted by atomic mass is 10.2. The lowest BCUT2D eigenvalue weighted by Gasteiger charge is -2.12. The molecule has 0 atom stereocenters. The van der Waals surface area contributed by atoms with Crippen LogP contribution >= 0.6 is 0 Å². The Kier molecular flexibility index (Phi) is 6.46. The highest BCUT2D eigenvalue weighted by molar-refractivity contribution is 7.92. The van der Waals surface area contributed by atoms with E-state index in [0.29, 0.717) is 11.3 Å². The van der Waals surface area contributed by atoms with Crippen LogP contribution in [0.15, 0.2) is 76.7 Å². The van der Waals surface area contributed by atoms with Gasteiger partial charge in [0.05, 0.1) is 23.9 Å². The Morgan fingerprint density at radius 3 is 2.35 bits per heavy atom. The number of benzene rings is 3. The highest BCUT2D eigenvalue weighted by atomic mass is 32.2. The molecule has 0 saturated carbocycles. The zero-order valence-corrected chi connectivity index (χ0v) is 17.0. The summed E-state index contributed by atoms with van der Waals surface area (Å²) in [5.41, 5.74) is 3.00. The minimum atomic E-state index is -4.20. The number of hydrogen-bond donors (Lipinski definition) is 2. The molecular weight excluding hydrogens is 427 g/mol. The van der Waals surface area contributed by atoms with Crippen molar-refractivity contribution in [1.29, 1.82) is 0 Å². The summed E-state index contributed by atoms with van der Waals surface area (Å²) in [6, 6.07) is 14.9. The van der Waals surface area contributed by atoms with Crippen LogP contribution in [0.5, 0.6) is 5.75 Å². The number of nitro groups is 1. The Morgan fingerprint density at radius 1 is 1.06 bits per heavy atom. The summed E-state index contributed by atoms with van der Waals surface area (Å²) in [5, 5.41) is 15.1. The van der Waals surface area contributed by atoms with E-state index in [9.17, 15) is 22.9 Å². The van der Waals surface area contributed by atoms with Gasteiger partial charge in [0.15, 0.2) is 0 Å². The lowest BCUT2D eigenvalue weighted by Crippen LogP contribution is -2.15. The number of non-ortho nitro benzene ring substituents is 1. The van der Waals surface area contributed by atoms with E-state index in [2.05, 4.69) is 15.2 Å². The molecule has 0 aliphatic carbocycles. The molecule has 0 spiro atoms. The molecule has 3 aromatic carbocycles. The number of nitro benzene ring substituents is 1. The lowest BCUT2D eigenvalue weighted by molar-refractivity contribution is -0.385. The molecule has 0 aliphatic heterocycles. The van der Waals surface area contributed by atoms with Gasteiger partial charge in [-0.05, 0) is 48.0 Å². The van der Waals surface area contributed by atoms with E-state index in [1.165, 1.54) is 55.8 Å². The number of halogens is 1. The quantitative estimate of drug-likeness (QED) is 0.308. The van der Waals surface area contributed by atoms with Gasteiger partial charge in [0.2, 0.25) is 0 Å². The van der Waals surface area contributed by atoms with E-state index >= 15 is 0 Å². The van der Waals surface area contributed by atoms with Gasteiger partial charge in [-0.25, -0.2) is 12.8 Å². The molecule has 0 saturated heterocycles. The van der Waals surface area contributed by atoms with Crippen molar-refractivity contribution in [2.24, 2.45) is 5.10 Å². The van der Waals surface area contributed by atoms with Gasteiger partial charge in [-0.3, -0.25) is 20.3 Å². The molecule has 3 rings (SSSR count). The summed E-state index contributed by atoms with van der Waals surface area (Å²) < 4.78 is 46.2. The van der Waals surface area contributed by atoms with Gasteiger partial charge in [-0.2, -0.15) is 5.10 Å². The van der Waals surface area contributed by atoms with E-state index in [-0.39, 0.29) is 16.3 Å². The summed E-state index contributed by atoms with van der Waals surface area (Å²) in [6.07, 6.45) is 1.36. The molecule has 0 unspecified atom stereocenters. The van der Waals surface area contributed by atoms with Gasteiger partial charge in [0.25, 0.3) is 15.7 Å². The predicted molar refractivity (Wildman–Crippen MR) is 115 cm³/mol. The van der Waals surface area contributed by atoms with Crippen molar-refractivity contribution < 1.29 is 22.5 Å². The Labute approximate surface area is 177 Å². The van der Waals surface area contributed by atoms with Crippen LogP contribution in [0.2, 0.25) is 0 Å². The summed E-state index contributed by atoms with van der Waals surface area (Å²) in [5.74, 6) is 0.134. The summed E-state index contributed by atoms with van der Waals surface area (Å²) in [4.78, 5) is 10.1. The number of nitrogens with zero attached hydrogens (tertiary/aromatic N) is 2. The number of rotatable bonds is 8. The second-order valence-electron chi connectivity index (χ2n) is 6.19. The fourth-order valence-electron chi connectivity index (χ4n) is 2.53. The third-order valence-electron chi connectivity index (χ3n) is 4.08. The van der Waals surface area contributed by atoms with Crippen molar-refractivity contribution >= 4 is 33.3 Å². The standard InChI is InChI=1S/C20H17FN4O5S/c1-30-18-9-6-16(7-10-18)24-31(28,29)20-12-17(25(26)27)8-11-19(20)23-22-13-14-2-4-15(21)5-3-14/h2-13,23-24H,1H3/b22-13+. The number of nitrogens with one attached hydrogen (secondary N) is 2. The molecular formula is C20H17FN4O5S. The monoisotopic (exact) mass is 444 g/mol. The van der Waals surface area contributed by atoms with Crippen molar-refractivity contribution in [3.05, 3.63) is 88.2 Å². The van der Waals surface area contributed by atoms with Gasteiger partial charge in [-0.1, -0.05) is 12.1 Å². The van der Waals surface area contributed by atoms with Crippen molar-refractivity contribution in [3.8, 4) is 5.75 Å². The fourth-order valence-corrected chi connectivity index (χ4v) is 3.77. The van der Waals surface area contributed by atoms with Crippen LogP contribution < -0.4 is 14.9 Å². The molecule has 31 heavy (non-hydrogen) atoms. The molecule has 9 nitrogen and oxygen atoms in total. The van der Waals surface area contributed by atoms with Gasteiger partial charge in [-0.15, -0.1) is 0 Å². The van der Waals surface area contributed by atoms with Gasteiger partial charge in [0.1, 0.15) is 16.5 Å². The topological polar surface area (TPSA) is 123 Å². The molecule has 160 valence electrons. The second kappa shape index (κ2) is 9.22. The van der Waals surface area contributed by atoms with E-state index in [1.54, 1.807) is 12.1 Å². The Hall–Kier alpha value is -3.99. The normalized spacial score (nSPS) is 11.3. The van der Waals surface area contributed by atoms with E-state index in [0.717, 1.165) is 12.1 Å². The zero-order valence-electron chi connectivity index (χ0n) is 16.2. The number of sulfonamides is 1. The van der Waals surface area contributed by atoms with Crippen LogP contribution in [0.3, 0.4) is 0 Å². The maximum atomic E-state index is 13.0. The summed E-state index contributed by atoms with van der Waals surface area (Å²) >= 11 is 0. The minimum absolute atomic E-state index is 0.0185. The minimum Gasteiger partial charge on any atom is -0.497 e. The average Bonchev–Trinajstić information content (AvgIpc) is 2.75. The van der Waals surface area contributed by atoms with Crippen molar-refractivity contribution in [2.45, 2.75) is 4.90 Å². The Morgan fingerprint density at radius 2 is 1.74 bits per heavy atom. The van der Waals surface area contributed by atoms with Crippen LogP contribution in [0.1, 0.15) is 5.56 Å². The third kappa shape index (κ3) is 5.54. The molecule has 0 bridgehead atoms. The average molecular weight is 444 g/mol. The fraction of sp³-hybridized carbons (Fsp3) is 0.0500. The number of anilines is 2.